The van der Waals surface area contributed by atoms with Gasteiger partial charge in [-0.05, 0) is 36.7 Å². The van der Waals surface area contributed by atoms with Crippen LogP contribution in [-0.2, 0) is 0 Å². The lowest BCUT2D eigenvalue weighted by Crippen LogP contribution is -2.29. The highest BCUT2D eigenvalue weighted by Gasteiger charge is 2.59. The van der Waals surface area contributed by atoms with Gasteiger partial charge in [-0.1, -0.05) is 67.1 Å². The first-order chi connectivity index (χ1) is 11.8. The number of hydrogen-bond donors (Lipinski definition) is 0. The van der Waals surface area contributed by atoms with Gasteiger partial charge in [0.05, 0.1) is 12.1 Å². The Morgan fingerprint density at radius 1 is 0.875 bits per heavy atom. The van der Waals surface area contributed by atoms with E-state index < -0.39 is 0 Å². The van der Waals surface area contributed by atoms with Crippen molar-refractivity contribution in [3.63, 3.8) is 0 Å². The maximum absolute atomic E-state index is 13.1. The lowest BCUT2D eigenvalue weighted by atomic mass is 9.95. The van der Waals surface area contributed by atoms with Crippen molar-refractivity contribution in [2.75, 3.05) is 0 Å². The minimum absolute atomic E-state index is 0.0409. The Morgan fingerprint density at radius 3 is 2.21 bits per heavy atom. The minimum atomic E-state index is 0.0409. The number of carbonyl (C=O) groups excluding carboxylic acids is 1. The van der Waals surface area contributed by atoms with Gasteiger partial charge in [-0.3, -0.25) is 9.69 Å². The number of carbonyl (C=O) groups is 1. The Labute approximate surface area is 143 Å². The van der Waals surface area contributed by atoms with E-state index >= 15 is 0 Å². The summed E-state index contributed by atoms with van der Waals surface area (Å²) < 4.78 is 0. The largest absolute Gasteiger partial charge is 0.292 e. The zero-order valence-electron chi connectivity index (χ0n) is 13.8. The summed E-state index contributed by atoms with van der Waals surface area (Å²) in [6, 6.07) is 21.4. The summed E-state index contributed by atoms with van der Waals surface area (Å²) >= 11 is 0. The smallest absolute Gasteiger partial charge is 0.181 e. The van der Waals surface area contributed by atoms with Gasteiger partial charge in [-0.15, -0.1) is 0 Å². The fraction of sp³-hybridized carbons (Fsp3) is 0.409. The Bertz CT molecular complexity index is 741. The van der Waals surface area contributed by atoms with Crippen LogP contribution in [0.4, 0.5) is 0 Å². The maximum Gasteiger partial charge on any atom is 0.181 e. The molecule has 2 heteroatoms. The van der Waals surface area contributed by atoms with Crippen molar-refractivity contribution < 1.29 is 4.79 Å². The highest BCUT2D eigenvalue weighted by Crippen LogP contribution is 2.56. The van der Waals surface area contributed by atoms with Gasteiger partial charge in [0.15, 0.2) is 5.78 Å². The van der Waals surface area contributed by atoms with Crippen molar-refractivity contribution in [3.8, 4) is 0 Å². The fourth-order valence-electron chi connectivity index (χ4n) is 5.29. The molecule has 2 bridgehead atoms. The molecule has 5 rings (SSSR count). The van der Waals surface area contributed by atoms with Crippen molar-refractivity contribution >= 4 is 5.78 Å². The monoisotopic (exact) mass is 317 g/mol. The van der Waals surface area contributed by atoms with E-state index in [1.165, 1.54) is 31.2 Å². The number of rotatable bonds is 4. The summed E-state index contributed by atoms with van der Waals surface area (Å²) in [5.74, 6) is 2.02. The average molecular weight is 317 g/mol. The molecule has 6 atom stereocenters. The lowest BCUT2D eigenvalue weighted by Gasteiger charge is -2.24. The van der Waals surface area contributed by atoms with E-state index in [0.29, 0.717) is 11.8 Å². The molecule has 0 amide bonds. The van der Waals surface area contributed by atoms with Gasteiger partial charge >= 0.3 is 0 Å². The number of hydrogen-bond acceptors (Lipinski definition) is 2. The topological polar surface area (TPSA) is 20.1 Å². The van der Waals surface area contributed by atoms with E-state index in [-0.39, 0.29) is 12.1 Å². The summed E-state index contributed by atoms with van der Waals surface area (Å²) in [4.78, 5) is 15.7. The molecule has 2 aliphatic carbocycles. The van der Waals surface area contributed by atoms with Crippen LogP contribution in [-0.4, -0.2) is 22.8 Å². The first kappa shape index (κ1) is 14.4. The second kappa shape index (κ2) is 5.56. The molecule has 1 saturated heterocycles. The zero-order chi connectivity index (χ0) is 16.1. The third-order valence-corrected chi connectivity index (χ3v) is 6.40. The molecular weight excluding hydrogens is 294 g/mol. The molecule has 122 valence electrons. The number of nitrogens with zero attached hydrogens (tertiary/aromatic N) is 1. The van der Waals surface area contributed by atoms with E-state index in [1.54, 1.807) is 0 Å². The quantitative estimate of drug-likeness (QED) is 0.612. The van der Waals surface area contributed by atoms with Crippen molar-refractivity contribution in [2.24, 2.45) is 11.8 Å². The molecule has 2 nitrogen and oxygen atoms in total. The molecule has 1 unspecified atom stereocenters. The van der Waals surface area contributed by atoms with Gasteiger partial charge in [0.25, 0.3) is 0 Å². The van der Waals surface area contributed by atoms with Gasteiger partial charge in [-0.2, -0.15) is 0 Å². The third kappa shape index (κ3) is 2.24. The molecule has 0 aromatic heterocycles. The molecule has 3 aliphatic rings. The van der Waals surface area contributed by atoms with Crippen LogP contribution in [0.1, 0.15) is 47.6 Å². The lowest BCUT2D eigenvalue weighted by molar-refractivity contribution is 0.0960. The van der Waals surface area contributed by atoms with Crippen LogP contribution in [0.2, 0.25) is 0 Å². The number of Topliss-reactive ketones (excluding diaryl/α,β-unsaturated/α-hetero) is 1. The number of benzene rings is 2. The Hall–Kier alpha value is -1.93. The SMILES string of the molecule is O=C(c1ccccc1)[C@@H]1[C@H](c2ccccc2)N1[C@H]1C[C@@H]2CC[C@H]1C2. The van der Waals surface area contributed by atoms with E-state index in [9.17, 15) is 4.79 Å². The summed E-state index contributed by atoms with van der Waals surface area (Å²) in [7, 11) is 0. The van der Waals surface area contributed by atoms with Gasteiger partial charge < -0.3 is 0 Å². The summed E-state index contributed by atoms with van der Waals surface area (Å²) in [6.07, 6.45) is 5.45. The van der Waals surface area contributed by atoms with E-state index in [2.05, 4.69) is 35.2 Å². The molecule has 0 spiro atoms. The Balaban J connectivity index is 1.46. The summed E-state index contributed by atoms with van der Waals surface area (Å²) in [5.41, 5.74) is 2.16. The maximum atomic E-state index is 13.1. The normalized spacial score (nSPS) is 36.7. The van der Waals surface area contributed by atoms with Gasteiger partial charge in [-0.25, -0.2) is 0 Å². The second-order valence-corrected chi connectivity index (χ2v) is 7.72. The zero-order valence-corrected chi connectivity index (χ0v) is 13.8. The second-order valence-electron chi connectivity index (χ2n) is 7.72. The Morgan fingerprint density at radius 2 is 1.58 bits per heavy atom. The first-order valence-corrected chi connectivity index (χ1v) is 9.24. The van der Waals surface area contributed by atoms with Crippen LogP contribution in [0, 0.1) is 11.8 Å². The van der Waals surface area contributed by atoms with Crippen LogP contribution in [0.25, 0.3) is 0 Å². The van der Waals surface area contributed by atoms with Gasteiger partial charge in [0, 0.05) is 11.6 Å². The molecule has 2 saturated carbocycles. The average Bonchev–Trinajstić information content (AvgIpc) is 3.00. The Kier molecular flexibility index (Phi) is 3.34. The van der Waals surface area contributed by atoms with Crippen molar-refractivity contribution in [1.29, 1.82) is 0 Å². The van der Waals surface area contributed by atoms with Crippen LogP contribution in [0.5, 0.6) is 0 Å². The van der Waals surface area contributed by atoms with Crippen molar-refractivity contribution in [3.05, 3.63) is 71.8 Å². The first-order valence-electron chi connectivity index (χ1n) is 9.24. The third-order valence-electron chi connectivity index (χ3n) is 6.40. The van der Waals surface area contributed by atoms with Crippen LogP contribution in [0.3, 0.4) is 0 Å². The minimum Gasteiger partial charge on any atom is -0.292 e. The van der Waals surface area contributed by atoms with Crippen LogP contribution < -0.4 is 0 Å². The molecule has 2 aromatic rings. The van der Waals surface area contributed by atoms with Crippen molar-refractivity contribution in [1.82, 2.24) is 4.90 Å². The predicted molar refractivity (Wildman–Crippen MR) is 94.8 cm³/mol. The molecule has 0 N–H and O–H groups in total. The highest BCUT2D eigenvalue weighted by molar-refractivity contribution is 6.02. The highest BCUT2D eigenvalue weighted by atomic mass is 16.1. The van der Waals surface area contributed by atoms with E-state index in [0.717, 1.165) is 17.4 Å². The molecule has 1 aliphatic heterocycles. The van der Waals surface area contributed by atoms with Crippen LogP contribution in [0.15, 0.2) is 60.7 Å². The molecular formula is C22H23NO. The summed E-state index contributed by atoms with van der Waals surface area (Å²) in [6.45, 7) is 0. The van der Waals surface area contributed by atoms with Crippen molar-refractivity contribution in [2.45, 2.75) is 43.8 Å². The summed E-state index contributed by atoms with van der Waals surface area (Å²) in [5, 5.41) is 0. The van der Waals surface area contributed by atoms with E-state index in [1.807, 2.05) is 30.3 Å². The number of fused-ring (bicyclic) bond motifs is 2. The van der Waals surface area contributed by atoms with Gasteiger partial charge in [0.2, 0.25) is 0 Å². The predicted octanol–water partition coefficient (Wildman–Crippen LogP) is 4.48. The van der Waals surface area contributed by atoms with Gasteiger partial charge in [0.1, 0.15) is 0 Å². The fourth-order valence-corrected chi connectivity index (χ4v) is 5.29. The van der Waals surface area contributed by atoms with Crippen LogP contribution >= 0.6 is 0 Å². The van der Waals surface area contributed by atoms with E-state index in [4.69, 9.17) is 0 Å². The molecule has 0 radical (unpaired) electrons. The number of ketones is 1. The molecule has 2 aromatic carbocycles. The molecule has 3 fully saturated rings. The standard InChI is InChI=1S/C22H23NO/c24-22(17-9-5-2-6-10-17)21-20(16-7-3-1-4-8-16)23(21)19-14-15-11-12-18(19)13-15/h1-10,15,18-21H,11-14H2/t15-,18+,19+,20+,21+,23?/m1/s1. The molecule has 1 heterocycles. The molecule has 24 heavy (non-hydrogen) atoms.